The number of aromatic nitrogens is 1. The number of aromatic hydroxyl groups is 1. The van der Waals surface area contributed by atoms with E-state index in [-0.39, 0.29) is 12.8 Å². The summed E-state index contributed by atoms with van der Waals surface area (Å²) < 4.78 is 82.3. The summed E-state index contributed by atoms with van der Waals surface area (Å²) in [6.45, 7) is 1.23. The van der Waals surface area contributed by atoms with Gasteiger partial charge in [0.05, 0.1) is 18.6 Å². The third-order valence-corrected chi connectivity index (χ3v) is 2.27. The third kappa shape index (κ3) is 4.67. The van der Waals surface area contributed by atoms with Crippen molar-refractivity contribution in [3.63, 3.8) is 0 Å². The molecule has 0 unspecified atom stereocenters. The molecule has 0 bridgehead atoms. The van der Waals surface area contributed by atoms with Crippen LogP contribution in [0.15, 0.2) is 6.20 Å². The van der Waals surface area contributed by atoms with Crippen molar-refractivity contribution in [3.05, 3.63) is 17.3 Å². The van der Waals surface area contributed by atoms with E-state index in [9.17, 15) is 36.2 Å². The Morgan fingerprint density at radius 3 is 2.32 bits per heavy atom. The van der Waals surface area contributed by atoms with Gasteiger partial charge in [-0.05, 0) is 6.92 Å². The van der Waals surface area contributed by atoms with Gasteiger partial charge >= 0.3 is 18.5 Å². The van der Waals surface area contributed by atoms with Gasteiger partial charge in [0, 0.05) is 11.8 Å². The number of ether oxygens (including phenoxy) is 2. The highest BCUT2D eigenvalue weighted by molar-refractivity contribution is 5.74. The molecule has 0 saturated heterocycles. The fourth-order valence-electron chi connectivity index (χ4n) is 1.48. The Balaban J connectivity index is 3.32. The second kappa shape index (κ2) is 6.28. The van der Waals surface area contributed by atoms with Gasteiger partial charge in [0.15, 0.2) is 5.75 Å². The van der Waals surface area contributed by atoms with Crippen LogP contribution in [0.1, 0.15) is 18.1 Å². The summed E-state index contributed by atoms with van der Waals surface area (Å²) >= 11 is 0. The van der Waals surface area contributed by atoms with Gasteiger partial charge in [0.1, 0.15) is 0 Å². The maximum Gasteiger partial charge on any atom is 0.574 e. The van der Waals surface area contributed by atoms with Gasteiger partial charge in [0.2, 0.25) is 0 Å². The minimum atomic E-state index is -5.27. The summed E-state index contributed by atoms with van der Waals surface area (Å²) in [5, 5.41) is 9.52. The predicted octanol–water partition coefficient (Wildman–Crippen LogP) is 2.81. The molecule has 1 aromatic rings. The molecule has 124 valence electrons. The van der Waals surface area contributed by atoms with Crippen molar-refractivity contribution in [2.24, 2.45) is 0 Å². The van der Waals surface area contributed by atoms with E-state index in [1.54, 1.807) is 0 Å². The van der Waals surface area contributed by atoms with Crippen LogP contribution in [0.3, 0.4) is 0 Å². The van der Waals surface area contributed by atoms with E-state index >= 15 is 0 Å². The van der Waals surface area contributed by atoms with Crippen LogP contribution in [0.2, 0.25) is 0 Å². The molecule has 0 atom stereocenters. The van der Waals surface area contributed by atoms with Crippen LogP contribution >= 0.6 is 0 Å². The third-order valence-electron chi connectivity index (χ3n) is 2.27. The minimum absolute atomic E-state index is 0.0371. The number of pyridine rings is 1. The number of rotatable bonds is 4. The molecule has 11 heteroatoms. The fraction of sp³-hybridized carbons (Fsp3) is 0.455. The van der Waals surface area contributed by atoms with Gasteiger partial charge in [-0.2, -0.15) is 13.2 Å². The molecule has 0 aliphatic rings. The van der Waals surface area contributed by atoms with E-state index in [4.69, 9.17) is 0 Å². The van der Waals surface area contributed by atoms with Gasteiger partial charge in [-0.3, -0.25) is 4.79 Å². The molecule has 0 spiro atoms. The molecule has 1 aromatic heterocycles. The van der Waals surface area contributed by atoms with Crippen LogP contribution < -0.4 is 4.74 Å². The largest absolute Gasteiger partial charge is 0.574 e. The number of hydrogen-bond acceptors (Lipinski definition) is 5. The van der Waals surface area contributed by atoms with Crippen LogP contribution in [0.4, 0.5) is 26.3 Å². The zero-order valence-corrected chi connectivity index (χ0v) is 10.9. The van der Waals surface area contributed by atoms with Crippen molar-refractivity contribution in [2.45, 2.75) is 25.9 Å². The average Bonchev–Trinajstić information content (AvgIpc) is 2.31. The molecular weight excluding hydrogens is 324 g/mol. The monoisotopic (exact) mass is 333 g/mol. The van der Waals surface area contributed by atoms with E-state index in [2.05, 4.69) is 14.5 Å². The van der Waals surface area contributed by atoms with Crippen LogP contribution in [-0.4, -0.2) is 29.0 Å². The number of halogens is 6. The topological polar surface area (TPSA) is 68.7 Å². The van der Waals surface area contributed by atoms with E-state index in [1.807, 2.05) is 0 Å². The first kappa shape index (κ1) is 17.9. The number of carbonyl (C=O) groups is 1. The molecule has 5 nitrogen and oxygen atoms in total. The van der Waals surface area contributed by atoms with Crippen molar-refractivity contribution >= 4 is 5.97 Å². The molecule has 1 heterocycles. The van der Waals surface area contributed by atoms with Gasteiger partial charge in [-0.25, -0.2) is 4.98 Å². The smallest absolute Gasteiger partial charge is 0.503 e. The molecule has 0 amide bonds. The van der Waals surface area contributed by atoms with Crippen LogP contribution in [-0.2, 0) is 22.1 Å². The number of nitrogens with zero attached hydrogens (tertiary/aromatic N) is 1. The summed E-state index contributed by atoms with van der Waals surface area (Å²) in [6.07, 6.45) is -11.4. The fourth-order valence-corrected chi connectivity index (χ4v) is 1.48. The standard InChI is InChI=1S/C11H9F6NO4/c1-2-21-7(19)3-5-6(10(12,13)14)4-18-9(8(5)20)22-11(15,16)17/h4,20H,2-3H2,1H3. The first-order chi connectivity index (χ1) is 9.95. The van der Waals surface area contributed by atoms with Gasteiger partial charge in [0.25, 0.3) is 5.88 Å². The second-order valence-electron chi connectivity index (χ2n) is 3.83. The van der Waals surface area contributed by atoms with E-state index in [0.29, 0.717) is 0 Å². The zero-order valence-electron chi connectivity index (χ0n) is 10.9. The summed E-state index contributed by atoms with van der Waals surface area (Å²) in [4.78, 5) is 14.0. The molecule has 0 fully saturated rings. The molecule has 1 N–H and O–H groups in total. The highest BCUT2D eigenvalue weighted by Gasteiger charge is 2.39. The summed E-state index contributed by atoms with van der Waals surface area (Å²) in [7, 11) is 0. The average molecular weight is 333 g/mol. The highest BCUT2D eigenvalue weighted by atomic mass is 19.4. The number of esters is 1. The molecule has 0 saturated carbocycles. The lowest BCUT2D eigenvalue weighted by Gasteiger charge is -2.16. The SMILES string of the molecule is CCOC(=O)Cc1c(C(F)(F)F)cnc(OC(F)(F)F)c1O. The highest BCUT2D eigenvalue weighted by Crippen LogP contribution is 2.40. The van der Waals surface area contributed by atoms with E-state index in [0.717, 1.165) is 0 Å². The van der Waals surface area contributed by atoms with Crippen LogP contribution in [0, 0.1) is 0 Å². The van der Waals surface area contributed by atoms with Gasteiger partial charge in [-0.1, -0.05) is 0 Å². The maximum absolute atomic E-state index is 12.8. The number of alkyl halides is 6. The first-order valence-electron chi connectivity index (χ1n) is 5.65. The van der Waals surface area contributed by atoms with Crippen LogP contribution in [0.25, 0.3) is 0 Å². The summed E-state index contributed by atoms with van der Waals surface area (Å²) in [5.41, 5.74) is -2.67. The molecule has 1 rings (SSSR count). The second-order valence-corrected chi connectivity index (χ2v) is 3.83. The summed E-state index contributed by atoms with van der Waals surface area (Å²) in [6, 6.07) is 0. The predicted molar refractivity (Wildman–Crippen MR) is 57.9 cm³/mol. The minimum Gasteiger partial charge on any atom is -0.503 e. The number of carbonyl (C=O) groups excluding carboxylic acids is 1. The lowest BCUT2D eigenvalue weighted by atomic mass is 10.1. The Kier molecular flexibility index (Phi) is 5.09. The zero-order chi connectivity index (χ0) is 17.1. The summed E-state index contributed by atoms with van der Waals surface area (Å²) in [5.74, 6) is -4.17. The van der Waals surface area contributed by atoms with E-state index < -0.39 is 47.7 Å². The lowest BCUT2D eigenvalue weighted by Crippen LogP contribution is -2.20. The first-order valence-corrected chi connectivity index (χ1v) is 5.65. The van der Waals surface area contributed by atoms with Crippen molar-refractivity contribution < 1.29 is 45.7 Å². The molecule has 0 radical (unpaired) electrons. The van der Waals surface area contributed by atoms with Crippen LogP contribution in [0.5, 0.6) is 11.6 Å². The normalized spacial score (nSPS) is 12.1. The Bertz CT molecular complexity index is 555. The Morgan fingerprint density at radius 1 is 1.27 bits per heavy atom. The van der Waals surface area contributed by atoms with Gasteiger partial charge < -0.3 is 14.6 Å². The van der Waals surface area contributed by atoms with E-state index in [1.165, 1.54) is 6.92 Å². The molecule has 0 aliphatic heterocycles. The quantitative estimate of drug-likeness (QED) is 0.678. The van der Waals surface area contributed by atoms with Crippen molar-refractivity contribution in [3.8, 4) is 11.6 Å². The molecular formula is C11H9F6NO4. The number of hydrogen-bond donors (Lipinski definition) is 1. The van der Waals surface area contributed by atoms with Crippen molar-refractivity contribution in [2.75, 3.05) is 6.61 Å². The Labute approximate surface area is 119 Å². The van der Waals surface area contributed by atoms with Crippen molar-refractivity contribution in [1.29, 1.82) is 0 Å². The maximum atomic E-state index is 12.8. The Morgan fingerprint density at radius 2 is 1.86 bits per heavy atom. The molecule has 0 aliphatic carbocycles. The van der Waals surface area contributed by atoms with Gasteiger partial charge in [-0.15, -0.1) is 13.2 Å². The molecule has 0 aromatic carbocycles. The lowest BCUT2D eigenvalue weighted by molar-refractivity contribution is -0.276. The molecule has 22 heavy (non-hydrogen) atoms. The Hall–Kier alpha value is -2.20. The van der Waals surface area contributed by atoms with Crippen molar-refractivity contribution in [1.82, 2.24) is 4.98 Å².